The molecule has 0 heterocycles. The molecule has 1 amide bonds. The molecule has 0 aliphatic carbocycles. The van der Waals surface area contributed by atoms with E-state index in [1.807, 2.05) is 0 Å². The van der Waals surface area contributed by atoms with Gasteiger partial charge in [-0.1, -0.05) is 13.8 Å². The second-order valence-corrected chi connectivity index (χ2v) is 5.25. The van der Waals surface area contributed by atoms with Gasteiger partial charge < -0.3 is 8.17 Å². The van der Waals surface area contributed by atoms with Crippen molar-refractivity contribution in [1.82, 2.24) is 5.32 Å². The SMILES string of the molecule is CC(=O)NCC(C)(C)CS(=O)(=O)O.[Ca+2].[H-].[H-]. The third-order valence-electron chi connectivity index (χ3n) is 1.39. The molecule has 0 aromatic carbocycles. The van der Waals surface area contributed by atoms with Crippen LogP contribution in [0.4, 0.5) is 0 Å². The van der Waals surface area contributed by atoms with E-state index in [9.17, 15) is 13.2 Å². The molecule has 0 rings (SSSR count). The quantitative estimate of drug-likeness (QED) is 0.539. The summed E-state index contributed by atoms with van der Waals surface area (Å²) in [5, 5.41) is 2.49. The molecule has 0 saturated heterocycles. The molecular formula is C7H17CaNO4S. The molecular weight excluding hydrogens is 234 g/mol. The molecule has 0 aliphatic heterocycles. The molecule has 82 valence electrons. The predicted molar refractivity (Wildman–Crippen MR) is 56.9 cm³/mol. The Morgan fingerprint density at radius 2 is 1.93 bits per heavy atom. The van der Waals surface area contributed by atoms with Crippen LogP contribution in [0.15, 0.2) is 0 Å². The molecule has 0 atom stereocenters. The fourth-order valence-corrected chi connectivity index (χ4v) is 2.00. The van der Waals surface area contributed by atoms with Crippen molar-refractivity contribution < 1.29 is 20.6 Å². The maximum absolute atomic E-state index is 10.5. The topological polar surface area (TPSA) is 83.5 Å². The Kier molecular flexibility index (Phi) is 7.64. The van der Waals surface area contributed by atoms with Crippen LogP contribution in [0.5, 0.6) is 0 Å². The molecule has 0 unspecified atom stereocenters. The van der Waals surface area contributed by atoms with Gasteiger partial charge in [-0.2, -0.15) is 8.42 Å². The van der Waals surface area contributed by atoms with E-state index in [0.29, 0.717) is 0 Å². The molecule has 5 nitrogen and oxygen atoms in total. The minimum Gasteiger partial charge on any atom is -1.00 e. The molecule has 0 aromatic rings. The molecule has 0 bridgehead atoms. The second-order valence-electron chi connectivity index (χ2n) is 3.80. The Balaban J connectivity index is -0.000000240. The Labute approximate surface area is 117 Å². The third-order valence-corrected chi connectivity index (χ3v) is 2.54. The van der Waals surface area contributed by atoms with Crippen molar-refractivity contribution in [2.45, 2.75) is 20.8 Å². The fraction of sp³-hybridized carbons (Fsp3) is 0.857. The van der Waals surface area contributed by atoms with Crippen LogP contribution in [0.2, 0.25) is 0 Å². The van der Waals surface area contributed by atoms with E-state index in [0.717, 1.165) is 0 Å². The average Bonchev–Trinajstić information content (AvgIpc) is 1.78. The summed E-state index contributed by atoms with van der Waals surface area (Å²) in [6.45, 7) is 4.87. The monoisotopic (exact) mass is 251 g/mol. The van der Waals surface area contributed by atoms with E-state index in [1.54, 1.807) is 13.8 Å². The van der Waals surface area contributed by atoms with Gasteiger partial charge in [0.05, 0.1) is 5.75 Å². The zero-order valence-corrected chi connectivity index (χ0v) is 11.7. The van der Waals surface area contributed by atoms with E-state index < -0.39 is 15.5 Å². The summed E-state index contributed by atoms with van der Waals surface area (Å²) in [5.74, 6) is -0.580. The minimum atomic E-state index is -3.98. The van der Waals surface area contributed by atoms with Crippen molar-refractivity contribution in [1.29, 1.82) is 0 Å². The standard InChI is InChI=1S/C7H15NO4S.Ca.2H/c1-6(9)8-4-7(2,3)5-13(10,11)12;;;/h4-5H2,1-3H3,(H,8,9)(H,10,11,12);;;/q;+2;2*-1. The van der Waals surface area contributed by atoms with Crippen molar-refractivity contribution in [3.8, 4) is 0 Å². The van der Waals surface area contributed by atoms with Crippen molar-refractivity contribution in [2.24, 2.45) is 5.41 Å². The molecule has 0 fully saturated rings. The number of rotatable bonds is 4. The first-order valence-corrected chi connectivity index (χ1v) is 5.43. The van der Waals surface area contributed by atoms with Gasteiger partial charge in [-0.3, -0.25) is 9.35 Å². The average molecular weight is 251 g/mol. The summed E-state index contributed by atoms with van der Waals surface area (Å²) in [7, 11) is -3.98. The van der Waals surface area contributed by atoms with Crippen molar-refractivity contribution in [2.75, 3.05) is 12.3 Å². The van der Waals surface area contributed by atoms with Gasteiger partial charge in [0.2, 0.25) is 5.91 Å². The summed E-state index contributed by atoms with van der Waals surface area (Å²) in [4.78, 5) is 10.5. The van der Waals surface area contributed by atoms with Gasteiger partial charge in [0.25, 0.3) is 10.1 Å². The first kappa shape index (κ1) is 17.0. The van der Waals surface area contributed by atoms with Gasteiger partial charge in [0, 0.05) is 13.5 Å². The minimum absolute atomic E-state index is 0. The van der Waals surface area contributed by atoms with Gasteiger partial charge in [0.15, 0.2) is 0 Å². The summed E-state index contributed by atoms with van der Waals surface area (Å²) in [6.07, 6.45) is 0. The van der Waals surface area contributed by atoms with Crippen molar-refractivity contribution in [3.63, 3.8) is 0 Å². The van der Waals surface area contributed by atoms with Gasteiger partial charge in [-0.05, 0) is 5.41 Å². The smallest absolute Gasteiger partial charge is 1.00 e. The van der Waals surface area contributed by atoms with Gasteiger partial charge >= 0.3 is 37.7 Å². The number of carbonyl (C=O) groups is 1. The van der Waals surface area contributed by atoms with Crippen molar-refractivity contribution in [3.05, 3.63) is 0 Å². The maximum Gasteiger partial charge on any atom is 2.00 e. The van der Waals surface area contributed by atoms with E-state index in [4.69, 9.17) is 4.55 Å². The van der Waals surface area contributed by atoms with Crippen LogP contribution in [-0.4, -0.2) is 68.9 Å². The van der Waals surface area contributed by atoms with E-state index in [2.05, 4.69) is 5.32 Å². The van der Waals surface area contributed by atoms with Crippen LogP contribution in [0.25, 0.3) is 0 Å². The molecule has 0 aromatic heterocycles. The second kappa shape index (κ2) is 6.27. The summed E-state index contributed by atoms with van der Waals surface area (Å²) >= 11 is 0. The molecule has 0 spiro atoms. The normalized spacial score (nSPS) is 11.7. The first-order valence-electron chi connectivity index (χ1n) is 3.82. The number of hydrogen-bond donors (Lipinski definition) is 2. The van der Waals surface area contributed by atoms with E-state index in [-0.39, 0.29) is 58.8 Å². The zero-order valence-electron chi connectivity index (χ0n) is 10.7. The Hall–Kier alpha value is 0.640. The summed E-state index contributed by atoms with van der Waals surface area (Å²) in [6, 6.07) is 0. The van der Waals surface area contributed by atoms with Crippen LogP contribution < -0.4 is 5.32 Å². The third kappa shape index (κ3) is 10.7. The van der Waals surface area contributed by atoms with Gasteiger partial charge in [0.1, 0.15) is 0 Å². The maximum atomic E-state index is 10.5. The molecule has 0 aliphatic rings. The largest absolute Gasteiger partial charge is 2.00 e. The molecule has 7 heteroatoms. The molecule has 0 saturated carbocycles. The number of hydrogen-bond acceptors (Lipinski definition) is 3. The van der Waals surface area contributed by atoms with Crippen LogP contribution in [0.1, 0.15) is 23.6 Å². The van der Waals surface area contributed by atoms with Crippen LogP contribution in [0.3, 0.4) is 0 Å². The number of amides is 1. The fourth-order valence-electron chi connectivity index (χ4n) is 0.909. The summed E-state index contributed by atoms with van der Waals surface area (Å²) < 4.78 is 29.6. The Bertz CT molecular complexity index is 295. The van der Waals surface area contributed by atoms with E-state index in [1.165, 1.54) is 6.92 Å². The zero-order chi connectivity index (χ0) is 10.7. The van der Waals surface area contributed by atoms with Gasteiger partial charge in [-0.25, -0.2) is 0 Å². The van der Waals surface area contributed by atoms with Crippen LogP contribution >= 0.6 is 0 Å². The molecule has 14 heavy (non-hydrogen) atoms. The van der Waals surface area contributed by atoms with Crippen LogP contribution in [0, 0.1) is 5.41 Å². The molecule has 0 radical (unpaired) electrons. The van der Waals surface area contributed by atoms with Crippen molar-refractivity contribution >= 4 is 53.8 Å². The van der Waals surface area contributed by atoms with E-state index >= 15 is 0 Å². The molecule has 2 N–H and O–H groups in total. The van der Waals surface area contributed by atoms with Crippen LogP contribution in [-0.2, 0) is 14.9 Å². The van der Waals surface area contributed by atoms with Gasteiger partial charge in [-0.15, -0.1) is 0 Å². The number of nitrogens with one attached hydrogen (secondary N) is 1. The Morgan fingerprint density at radius 3 is 2.21 bits per heavy atom. The number of carbonyl (C=O) groups excluding carboxylic acids is 1. The predicted octanol–water partition coefficient (Wildman–Crippen LogP) is -0.119. The summed E-state index contributed by atoms with van der Waals surface area (Å²) in [5.41, 5.74) is -0.654. The first-order chi connectivity index (χ1) is 5.62. The Morgan fingerprint density at radius 1 is 1.50 bits per heavy atom.